The summed E-state index contributed by atoms with van der Waals surface area (Å²) < 4.78 is 40.4. The fourth-order valence-corrected chi connectivity index (χ4v) is 2.26. The van der Waals surface area contributed by atoms with Crippen molar-refractivity contribution in [2.24, 2.45) is 0 Å². The van der Waals surface area contributed by atoms with Gasteiger partial charge >= 0.3 is 12.1 Å². The molecule has 1 aromatic heterocycles. The van der Waals surface area contributed by atoms with E-state index in [0.717, 1.165) is 6.07 Å². The smallest absolute Gasteiger partial charge is 0.418 e. The van der Waals surface area contributed by atoms with Gasteiger partial charge in [0, 0.05) is 11.4 Å². The Labute approximate surface area is 125 Å². The van der Waals surface area contributed by atoms with Crippen LogP contribution in [0.25, 0.3) is 5.69 Å². The van der Waals surface area contributed by atoms with E-state index in [0.29, 0.717) is 5.69 Å². The number of rotatable bonds is 2. The molecule has 0 atom stereocenters. The molecule has 1 heterocycles. The average molecular weight is 320 g/mol. The van der Waals surface area contributed by atoms with Crippen molar-refractivity contribution in [1.29, 1.82) is 0 Å². The van der Waals surface area contributed by atoms with Gasteiger partial charge in [0.1, 0.15) is 0 Å². The highest BCUT2D eigenvalue weighted by molar-refractivity contribution is 5.89. The minimum atomic E-state index is -4.50. The van der Waals surface area contributed by atoms with Gasteiger partial charge in [0.25, 0.3) is 0 Å². The third-order valence-corrected chi connectivity index (χ3v) is 3.11. The monoisotopic (exact) mass is 319 g/mol. The van der Waals surface area contributed by atoms with Crippen molar-refractivity contribution in [2.45, 2.75) is 20.0 Å². The Morgan fingerprint density at radius 3 is 2.24 bits per heavy atom. The van der Waals surface area contributed by atoms with Crippen LogP contribution in [-0.2, 0) is 6.18 Å². The van der Waals surface area contributed by atoms with Gasteiger partial charge in [-0.05, 0) is 32.0 Å². The van der Waals surface area contributed by atoms with Gasteiger partial charge in [-0.1, -0.05) is 12.1 Å². The maximum Gasteiger partial charge on any atom is 0.418 e. The highest BCUT2D eigenvalue weighted by atomic mass is 35.5. The zero-order chi connectivity index (χ0) is 15.1. The van der Waals surface area contributed by atoms with Crippen molar-refractivity contribution in [3.8, 4) is 5.69 Å². The summed E-state index contributed by atoms with van der Waals surface area (Å²) in [6.45, 7) is 3.07. The number of hydrogen-bond donors (Lipinski definition) is 1. The maximum atomic E-state index is 13.0. The lowest BCUT2D eigenvalue weighted by molar-refractivity contribution is -0.137. The van der Waals surface area contributed by atoms with Crippen LogP contribution in [-0.4, -0.2) is 15.6 Å². The lowest BCUT2D eigenvalue weighted by Crippen LogP contribution is -2.12. The fourth-order valence-electron chi connectivity index (χ4n) is 2.26. The van der Waals surface area contributed by atoms with E-state index in [1.54, 1.807) is 6.92 Å². The second-order valence-electron chi connectivity index (χ2n) is 4.44. The summed E-state index contributed by atoms with van der Waals surface area (Å²) >= 11 is 0. The molecule has 2 aromatic rings. The molecule has 2 rings (SSSR count). The second kappa shape index (κ2) is 5.81. The molecule has 1 N–H and O–H groups in total. The number of aryl methyl sites for hydroxylation is 1. The largest absolute Gasteiger partial charge is 0.478 e. The zero-order valence-electron chi connectivity index (χ0n) is 11.2. The second-order valence-corrected chi connectivity index (χ2v) is 4.44. The number of aromatic nitrogens is 1. The van der Waals surface area contributed by atoms with E-state index in [1.165, 1.54) is 35.8 Å². The van der Waals surface area contributed by atoms with Crippen molar-refractivity contribution >= 4 is 18.4 Å². The molecule has 7 heteroatoms. The number of para-hydroxylation sites is 1. The molecule has 0 fully saturated rings. The van der Waals surface area contributed by atoms with Crippen LogP contribution >= 0.6 is 12.4 Å². The number of alkyl halides is 3. The van der Waals surface area contributed by atoms with Crippen LogP contribution in [0.1, 0.15) is 27.3 Å². The molecule has 0 unspecified atom stereocenters. The highest BCUT2D eigenvalue weighted by Crippen LogP contribution is 2.35. The van der Waals surface area contributed by atoms with E-state index in [4.69, 9.17) is 5.11 Å². The van der Waals surface area contributed by atoms with Crippen LogP contribution in [0.15, 0.2) is 30.3 Å². The van der Waals surface area contributed by atoms with Crippen LogP contribution in [0.3, 0.4) is 0 Å². The van der Waals surface area contributed by atoms with E-state index in [2.05, 4.69) is 0 Å². The zero-order valence-corrected chi connectivity index (χ0v) is 12.0. The van der Waals surface area contributed by atoms with Crippen LogP contribution in [0.2, 0.25) is 0 Å². The molecule has 1 aromatic carbocycles. The standard InChI is InChI=1S/C14H12F3NO2.ClH/c1-8-7-10(13(19)20)9(2)18(8)12-6-4-3-5-11(12)14(15,16)17;/h3-7H,1-2H3,(H,19,20);1H. The molecule has 114 valence electrons. The molecule has 0 saturated heterocycles. The summed E-state index contributed by atoms with van der Waals surface area (Å²) in [6.07, 6.45) is -4.50. The molecule has 0 aliphatic heterocycles. The average Bonchev–Trinajstić information content (AvgIpc) is 2.64. The Morgan fingerprint density at radius 1 is 1.19 bits per heavy atom. The van der Waals surface area contributed by atoms with Crippen LogP contribution in [0.4, 0.5) is 13.2 Å². The number of carboxylic acids is 1. The number of aromatic carboxylic acids is 1. The summed E-state index contributed by atoms with van der Waals surface area (Å²) in [6, 6.07) is 6.47. The van der Waals surface area contributed by atoms with Gasteiger partial charge in [-0.3, -0.25) is 0 Å². The highest BCUT2D eigenvalue weighted by Gasteiger charge is 2.34. The first-order valence-electron chi connectivity index (χ1n) is 5.82. The molecule has 0 saturated carbocycles. The number of halogens is 4. The Morgan fingerprint density at radius 2 is 1.76 bits per heavy atom. The first kappa shape index (κ1) is 17.1. The number of hydrogen-bond acceptors (Lipinski definition) is 1. The molecule has 0 bridgehead atoms. The fraction of sp³-hybridized carbons (Fsp3) is 0.214. The quantitative estimate of drug-likeness (QED) is 0.900. The van der Waals surface area contributed by atoms with Crippen molar-refractivity contribution in [2.75, 3.05) is 0 Å². The van der Waals surface area contributed by atoms with Crippen molar-refractivity contribution in [1.82, 2.24) is 4.57 Å². The Kier molecular flexibility index (Phi) is 4.73. The number of carboxylic acid groups (broad SMARTS) is 1. The van der Waals surface area contributed by atoms with Crippen molar-refractivity contribution in [3.63, 3.8) is 0 Å². The Bertz CT molecular complexity index is 677. The summed E-state index contributed by atoms with van der Waals surface area (Å²) in [5.41, 5.74) is -0.149. The number of benzene rings is 1. The lowest BCUT2D eigenvalue weighted by atomic mass is 10.1. The van der Waals surface area contributed by atoms with Gasteiger partial charge < -0.3 is 9.67 Å². The minimum absolute atomic E-state index is 0. The summed E-state index contributed by atoms with van der Waals surface area (Å²) in [7, 11) is 0. The van der Waals surface area contributed by atoms with E-state index >= 15 is 0 Å². The van der Waals surface area contributed by atoms with Gasteiger partial charge in [-0.25, -0.2) is 4.79 Å². The van der Waals surface area contributed by atoms with E-state index in [-0.39, 0.29) is 29.4 Å². The summed E-state index contributed by atoms with van der Waals surface area (Å²) in [5, 5.41) is 9.04. The Balaban J connectivity index is 0.00000220. The maximum absolute atomic E-state index is 13.0. The van der Waals surface area contributed by atoms with E-state index in [1.807, 2.05) is 0 Å². The van der Waals surface area contributed by atoms with Crippen LogP contribution in [0, 0.1) is 13.8 Å². The minimum Gasteiger partial charge on any atom is -0.478 e. The number of nitrogens with zero attached hydrogens (tertiary/aromatic N) is 1. The summed E-state index contributed by atoms with van der Waals surface area (Å²) in [4.78, 5) is 11.1. The molecule has 3 nitrogen and oxygen atoms in total. The van der Waals surface area contributed by atoms with Crippen LogP contribution < -0.4 is 0 Å². The van der Waals surface area contributed by atoms with Crippen molar-refractivity contribution < 1.29 is 23.1 Å². The van der Waals surface area contributed by atoms with Crippen LogP contribution in [0.5, 0.6) is 0 Å². The SMILES string of the molecule is Cc1cc(C(=O)O)c(C)n1-c1ccccc1C(F)(F)F.Cl. The first-order valence-corrected chi connectivity index (χ1v) is 5.82. The van der Waals surface area contributed by atoms with Crippen molar-refractivity contribution in [3.05, 3.63) is 52.8 Å². The van der Waals surface area contributed by atoms with Gasteiger partial charge in [-0.2, -0.15) is 13.2 Å². The lowest BCUT2D eigenvalue weighted by Gasteiger charge is -2.16. The molecule has 0 aliphatic rings. The normalized spacial score (nSPS) is 11.1. The molecular formula is C14H13ClF3NO2. The molecule has 0 spiro atoms. The summed E-state index contributed by atoms with van der Waals surface area (Å²) in [5.74, 6) is -1.16. The molecule has 0 amide bonds. The third kappa shape index (κ3) is 3.05. The van der Waals surface area contributed by atoms with Gasteiger partial charge in [0.05, 0.1) is 16.8 Å². The third-order valence-electron chi connectivity index (χ3n) is 3.11. The first-order chi connectivity index (χ1) is 9.23. The molecule has 0 radical (unpaired) electrons. The van der Waals surface area contributed by atoms with Gasteiger partial charge in [0.2, 0.25) is 0 Å². The Hall–Kier alpha value is -1.95. The molecule has 0 aliphatic carbocycles. The van der Waals surface area contributed by atoms with E-state index < -0.39 is 17.7 Å². The molecular weight excluding hydrogens is 307 g/mol. The van der Waals surface area contributed by atoms with Gasteiger partial charge in [-0.15, -0.1) is 12.4 Å². The topological polar surface area (TPSA) is 42.2 Å². The predicted octanol–water partition coefficient (Wildman–Crippen LogP) is 4.23. The van der Waals surface area contributed by atoms with Gasteiger partial charge in [0.15, 0.2) is 0 Å². The number of carbonyl (C=O) groups is 1. The molecule has 21 heavy (non-hydrogen) atoms. The predicted molar refractivity (Wildman–Crippen MR) is 74.5 cm³/mol. The van der Waals surface area contributed by atoms with E-state index in [9.17, 15) is 18.0 Å².